The number of nitrogens with two attached hydrogens (primary N) is 2. The van der Waals surface area contributed by atoms with Gasteiger partial charge in [0.25, 0.3) is 5.91 Å². The zero-order valence-corrected chi connectivity index (χ0v) is 25.3. The average molecular weight is 607 g/mol. The highest BCUT2D eigenvalue weighted by molar-refractivity contribution is 6.32. The number of halogens is 2. The molecule has 0 unspecified atom stereocenters. The number of hydrogen-bond donors (Lipinski definition) is 4. The number of likely N-dealkylation sites (tertiary alicyclic amines) is 1. The van der Waals surface area contributed by atoms with E-state index in [0.29, 0.717) is 28.8 Å². The van der Waals surface area contributed by atoms with Gasteiger partial charge in [0.05, 0.1) is 6.61 Å². The minimum absolute atomic E-state index is 0.0255. The van der Waals surface area contributed by atoms with E-state index in [0.717, 1.165) is 76.1 Å². The molecule has 1 aromatic heterocycles. The van der Waals surface area contributed by atoms with Crippen LogP contribution in [0.3, 0.4) is 0 Å². The lowest BCUT2D eigenvalue weighted by molar-refractivity contribution is 0.0589. The average Bonchev–Trinajstić information content (AvgIpc) is 2.98. The summed E-state index contributed by atoms with van der Waals surface area (Å²) < 4.78 is 0. The molecular weight excluding hydrogens is 565 g/mol. The molecule has 2 aromatic rings. The molecule has 2 fully saturated rings. The summed E-state index contributed by atoms with van der Waals surface area (Å²) >= 11 is 12.7. The van der Waals surface area contributed by atoms with E-state index >= 15 is 0 Å². The fourth-order valence-electron chi connectivity index (χ4n) is 5.87. The van der Waals surface area contributed by atoms with Gasteiger partial charge in [-0.3, -0.25) is 19.6 Å². The topological polar surface area (TPSA) is 149 Å². The second kappa shape index (κ2) is 14.5. The second-order valence-electron chi connectivity index (χ2n) is 10.6. The highest BCUT2D eigenvalue weighted by Crippen LogP contribution is 2.30. The number of hydrogen-bond acceptors (Lipinski definition) is 9. The van der Waals surface area contributed by atoms with Gasteiger partial charge in [-0.25, -0.2) is 9.97 Å². The van der Waals surface area contributed by atoms with Crippen LogP contribution in [0.4, 0.5) is 11.6 Å². The maximum Gasteiger partial charge on any atom is 0.273 e. The van der Waals surface area contributed by atoms with Crippen LogP contribution in [-0.4, -0.2) is 102 Å². The van der Waals surface area contributed by atoms with Gasteiger partial charge in [0.1, 0.15) is 5.84 Å². The molecule has 0 aliphatic carbocycles. The van der Waals surface area contributed by atoms with Crippen LogP contribution in [-0.2, 0) is 6.54 Å². The molecule has 2 saturated heterocycles. The number of piperazine rings is 1. The Balaban J connectivity index is 1.39. The first kappa shape index (κ1) is 31.2. The van der Waals surface area contributed by atoms with E-state index in [-0.39, 0.29) is 29.8 Å². The highest BCUT2D eigenvalue weighted by Gasteiger charge is 2.35. The van der Waals surface area contributed by atoms with Crippen molar-refractivity contribution in [2.75, 3.05) is 63.6 Å². The molecule has 3 heterocycles. The normalized spacial score (nSPS) is 19.5. The number of piperidine rings is 1. The minimum atomic E-state index is -0.508. The Labute approximate surface area is 251 Å². The van der Waals surface area contributed by atoms with Gasteiger partial charge < -0.3 is 26.8 Å². The lowest BCUT2D eigenvalue weighted by Crippen LogP contribution is -2.58. The zero-order chi connectivity index (χ0) is 29.5. The standard InChI is InChI=1S/C28H41Cl2N9O2/c1-3-4-21-17-38(27-24(30)35-23(26(32)36-27)28(41)34-9-14-40)12-13-39(21)20-7-10-37(11-8-20)16-18-5-6-19(29)15-22(18)25(31)33-2/h5-6,15,20-21,40H,3-4,7-14,16-17H2,1-2H3,(H2,31,33)(H2,32,36)(H,34,41)/t21-/m0/s1. The highest BCUT2D eigenvalue weighted by atomic mass is 35.5. The number of carbonyl (C=O) groups is 1. The molecule has 6 N–H and O–H groups in total. The summed E-state index contributed by atoms with van der Waals surface area (Å²) in [5.41, 5.74) is 14.3. The number of nitrogens with zero attached hydrogens (tertiary/aromatic N) is 6. The zero-order valence-electron chi connectivity index (χ0n) is 23.8. The third-order valence-electron chi connectivity index (χ3n) is 7.93. The lowest BCUT2D eigenvalue weighted by Gasteiger charge is -2.48. The van der Waals surface area contributed by atoms with Gasteiger partial charge in [0, 0.05) is 62.4 Å². The minimum Gasteiger partial charge on any atom is -0.395 e. The fourth-order valence-corrected chi connectivity index (χ4v) is 6.29. The van der Waals surface area contributed by atoms with Crippen molar-refractivity contribution < 1.29 is 9.90 Å². The monoisotopic (exact) mass is 605 g/mol. The molecule has 0 bridgehead atoms. The number of aliphatic hydroxyl groups excluding tert-OH is 1. The van der Waals surface area contributed by atoms with Gasteiger partial charge in [-0.05, 0) is 50.0 Å². The van der Waals surface area contributed by atoms with E-state index in [9.17, 15) is 4.79 Å². The van der Waals surface area contributed by atoms with Crippen molar-refractivity contribution in [2.45, 2.75) is 51.2 Å². The number of benzene rings is 1. The molecule has 41 heavy (non-hydrogen) atoms. The molecule has 4 rings (SSSR count). The van der Waals surface area contributed by atoms with Crippen LogP contribution < -0.4 is 21.7 Å². The van der Waals surface area contributed by atoms with Crippen molar-refractivity contribution in [3.8, 4) is 0 Å². The lowest BCUT2D eigenvalue weighted by atomic mass is 9.96. The van der Waals surface area contributed by atoms with E-state index in [4.69, 9.17) is 39.8 Å². The molecule has 1 aromatic carbocycles. The number of amidine groups is 1. The summed E-state index contributed by atoms with van der Waals surface area (Å²) in [6, 6.07) is 6.70. The van der Waals surface area contributed by atoms with Crippen LogP contribution >= 0.6 is 23.2 Å². The van der Waals surface area contributed by atoms with Crippen molar-refractivity contribution in [3.05, 3.63) is 45.2 Å². The molecule has 0 radical (unpaired) electrons. The number of nitrogens with one attached hydrogen (secondary N) is 1. The first-order chi connectivity index (χ1) is 19.7. The van der Waals surface area contributed by atoms with Crippen molar-refractivity contribution in [1.29, 1.82) is 0 Å². The summed E-state index contributed by atoms with van der Waals surface area (Å²) in [5, 5.41) is 12.3. The predicted octanol–water partition coefficient (Wildman–Crippen LogP) is 2.38. The Hall–Kier alpha value is -2.70. The van der Waals surface area contributed by atoms with Gasteiger partial charge >= 0.3 is 0 Å². The first-order valence-electron chi connectivity index (χ1n) is 14.2. The predicted molar refractivity (Wildman–Crippen MR) is 165 cm³/mol. The summed E-state index contributed by atoms with van der Waals surface area (Å²) in [6.45, 7) is 7.34. The van der Waals surface area contributed by atoms with Crippen LogP contribution in [0, 0.1) is 0 Å². The van der Waals surface area contributed by atoms with Crippen LogP contribution in [0.2, 0.25) is 10.2 Å². The second-order valence-corrected chi connectivity index (χ2v) is 11.4. The quantitative estimate of drug-likeness (QED) is 0.236. The van der Waals surface area contributed by atoms with Crippen LogP contribution in [0.25, 0.3) is 0 Å². The molecule has 0 spiro atoms. The third kappa shape index (κ3) is 7.58. The smallest absolute Gasteiger partial charge is 0.273 e. The number of amides is 1. The Kier molecular flexibility index (Phi) is 11.0. The number of aliphatic hydroxyl groups is 1. The van der Waals surface area contributed by atoms with Gasteiger partial charge in [0.15, 0.2) is 22.5 Å². The van der Waals surface area contributed by atoms with E-state index in [1.807, 2.05) is 18.2 Å². The third-order valence-corrected chi connectivity index (χ3v) is 8.42. The summed E-state index contributed by atoms with van der Waals surface area (Å²) in [7, 11) is 1.70. The van der Waals surface area contributed by atoms with E-state index in [1.165, 1.54) is 0 Å². The number of rotatable bonds is 10. The van der Waals surface area contributed by atoms with Crippen LogP contribution in [0.1, 0.15) is 54.2 Å². The van der Waals surface area contributed by atoms with Crippen molar-refractivity contribution in [3.63, 3.8) is 0 Å². The van der Waals surface area contributed by atoms with Crippen molar-refractivity contribution in [2.24, 2.45) is 10.7 Å². The molecule has 1 atom stereocenters. The van der Waals surface area contributed by atoms with Crippen LogP contribution in [0.5, 0.6) is 0 Å². The van der Waals surface area contributed by atoms with Gasteiger partial charge in [0.2, 0.25) is 0 Å². The van der Waals surface area contributed by atoms with Gasteiger partial charge in [-0.1, -0.05) is 42.6 Å². The molecule has 224 valence electrons. The number of nitrogen functional groups attached to an aromatic ring is 1. The van der Waals surface area contributed by atoms with Crippen molar-refractivity contribution >= 4 is 46.6 Å². The van der Waals surface area contributed by atoms with Crippen molar-refractivity contribution in [1.82, 2.24) is 25.1 Å². The molecule has 2 aliphatic rings. The molecule has 0 saturated carbocycles. The number of aliphatic imine (C=N–C) groups is 1. The molecule has 2 aliphatic heterocycles. The molecule has 13 heteroatoms. The fraction of sp³-hybridized carbons (Fsp3) is 0.571. The van der Waals surface area contributed by atoms with Gasteiger partial charge in [-0.2, -0.15) is 0 Å². The molecule has 1 amide bonds. The van der Waals surface area contributed by atoms with Crippen LogP contribution in [0.15, 0.2) is 23.2 Å². The Morgan fingerprint density at radius 1 is 1.20 bits per heavy atom. The van der Waals surface area contributed by atoms with E-state index in [2.05, 4.69) is 41.9 Å². The Bertz CT molecular complexity index is 1240. The number of carbonyl (C=O) groups excluding carboxylic acids is 1. The maximum atomic E-state index is 12.3. The van der Waals surface area contributed by atoms with Gasteiger partial charge in [-0.15, -0.1) is 0 Å². The van der Waals surface area contributed by atoms with E-state index < -0.39 is 5.91 Å². The first-order valence-corrected chi connectivity index (χ1v) is 15.0. The number of aromatic nitrogens is 2. The summed E-state index contributed by atoms with van der Waals surface area (Å²) in [4.78, 5) is 32.5. The van der Waals surface area contributed by atoms with E-state index in [1.54, 1.807) is 7.05 Å². The Morgan fingerprint density at radius 3 is 2.63 bits per heavy atom. The summed E-state index contributed by atoms with van der Waals surface area (Å²) in [6.07, 6.45) is 4.30. The largest absolute Gasteiger partial charge is 0.395 e. The maximum absolute atomic E-state index is 12.3. The SMILES string of the molecule is CCC[C@H]1CN(c2nc(N)c(C(=O)NCCO)nc2Cl)CCN1C1CCN(Cc2ccc(Cl)cc2C(N)=NC)CC1. The molecular formula is C28H41Cl2N9O2. The summed E-state index contributed by atoms with van der Waals surface area (Å²) in [5.74, 6) is 0.528. The Morgan fingerprint density at radius 2 is 1.95 bits per heavy atom. The number of anilines is 2. The molecule has 11 nitrogen and oxygen atoms in total.